The second kappa shape index (κ2) is 7.60. The molecule has 0 saturated carbocycles. The van der Waals surface area contributed by atoms with Crippen molar-refractivity contribution in [3.8, 4) is 11.5 Å². The number of rotatable bonds is 5. The van der Waals surface area contributed by atoms with Crippen molar-refractivity contribution in [2.45, 2.75) is 19.8 Å². The van der Waals surface area contributed by atoms with Crippen LogP contribution in [0, 0.1) is 0 Å². The van der Waals surface area contributed by atoms with E-state index in [0.29, 0.717) is 24.6 Å². The molecule has 26 heavy (non-hydrogen) atoms. The molecule has 0 saturated heterocycles. The summed E-state index contributed by atoms with van der Waals surface area (Å²) in [4.78, 5) is 28.9. The molecule has 3 rings (SSSR count). The molecule has 0 atom stereocenters. The Morgan fingerprint density at radius 3 is 1.92 bits per heavy atom. The smallest absolute Gasteiger partial charge is 0.242 e. The van der Waals surface area contributed by atoms with Crippen LogP contribution in [0.2, 0.25) is 0 Å². The number of fused-ring (bicyclic) bond motifs is 2. The summed E-state index contributed by atoms with van der Waals surface area (Å²) in [6, 6.07) is 15.1. The third-order valence-corrected chi connectivity index (χ3v) is 4.79. The van der Waals surface area contributed by atoms with Crippen LogP contribution in [0.15, 0.2) is 48.5 Å². The number of nitrogens with zero attached hydrogens (tertiary/aromatic N) is 2. The summed E-state index contributed by atoms with van der Waals surface area (Å²) in [7, 11) is 1.68. The van der Waals surface area contributed by atoms with Crippen LogP contribution in [0.25, 0.3) is 0 Å². The number of ether oxygens (including phenoxy) is 1. The highest BCUT2D eigenvalue weighted by atomic mass is 16.5. The highest BCUT2D eigenvalue weighted by molar-refractivity contribution is 5.92. The molecule has 0 fully saturated rings. The van der Waals surface area contributed by atoms with Crippen molar-refractivity contribution in [1.29, 1.82) is 0 Å². The number of carbonyl (C=O) groups is 2. The van der Waals surface area contributed by atoms with Gasteiger partial charge in [0, 0.05) is 31.3 Å². The fourth-order valence-electron chi connectivity index (χ4n) is 3.35. The predicted molar refractivity (Wildman–Crippen MR) is 100 cm³/mol. The van der Waals surface area contributed by atoms with Crippen molar-refractivity contribution >= 4 is 11.8 Å². The highest BCUT2D eigenvalue weighted by Crippen LogP contribution is 2.44. The third-order valence-electron chi connectivity index (χ3n) is 4.79. The van der Waals surface area contributed by atoms with Gasteiger partial charge >= 0.3 is 0 Å². The summed E-state index contributed by atoms with van der Waals surface area (Å²) in [5, 5.41) is 0. The van der Waals surface area contributed by atoms with Crippen LogP contribution in [0.5, 0.6) is 11.5 Å². The summed E-state index contributed by atoms with van der Waals surface area (Å²) >= 11 is 0. The lowest BCUT2D eigenvalue weighted by atomic mass is 9.87. The summed E-state index contributed by atoms with van der Waals surface area (Å²) in [6.45, 7) is 5.23. The van der Waals surface area contributed by atoms with Gasteiger partial charge in [0.15, 0.2) is 0 Å². The van der Waals surface area contributed by atoms with Gasteiger partial charge in [0.1, 0.15) is 11.5 Å². The zero-order valence-electron chi connectivity index (χ0n) is 15.4. The molecule has 0 unspecified atom stereocenters. The van der Waals surface area contributed by atoms with Crippen LogP contribution in [-0.2, 0) is 9.59 Å². The molecule has 2 aromatic rings. The Hall–Kier alpha value is -2.82. The van der Waals surface area contributed by atoms with Gasteiger partial charge < -0.3 is 14.5 Å². The van der Waals surface area contributed by atoms with Crippen LogP contribution in [0.3, 0.4) is 0 Å². The summed E-state index contributed by atoms with van der Waals surface area (Å²) in [5.74, 6) is 0.764. The molecule has 1 aliphatic rings. The van der Waals surface area contributed by atoms with E-state index < -0.39 is 5.92 Å². The fourth-order valence-corrected chi connectivity index (χ4v) is 3.35. The molecule has 0 spiro atoms. The molecule has 2 aromatic carbocycles. The first kappa shape index (κ1) is 18.0. The maximum absolute atomic E-state index is 13.3. The molecule has 2 amide bonds. The van der Waals surface area contributed by atoms with E-state index in [9.17, 15) is 9.59 Å². The van der Waals surface area contributed by atoms with Gasteiger partial charge in [-0.1, -0.05) is 36.4 Å². The van der Waals surface area contributed by atoms with Gasteiger partial charge in [-0.25, -0.2) is 0 Å². The highest BCUT2D eigenvalue weighted by Gasteiger charge is 2.34. The minimum absolute atomic E-state index is 0.0421. The van der Waals surface area contributed by atoms with E-state index in [2.05, 4.69) is 0 Å². The van der Waals surface area contributed by atoms with Crippen LogP contribution in [-0.4, -0.2) is 48.3 Å². The first-order chi connectivity index (χ1) is 12.6. The standard InChI is InChI=1S/C21H24N2O3/c1-4-23(5-2)19(24)14-22(3)21(25)20-15-10-6-8-12-17(15)26-18-13-9-7-11-16(18)20/h6-13,20H,4-5,14H2,1-3H3. The number of hydrogen-bond donors (Lipinski definition) is 0. The van der Waals surface area contributed by atoms with Crippen molar-refractivity contribution in [1.82, 2.24) is 9.80 Å². The van der Waals surface area contributed by atoms with Crippen molar-refractivity contribution < 1.29 is 14.3 Å². The van der Waals surface area contributed by atoms with E-state index in [1.54, 1.807) is 11.9 Å². The molecular weight excluding hydrogens is 328 g/mol. The molecule has 0 radical (unpaired) electrons. The summed E-state index contributed by atoms with van der Waals surface area (Å²) in [6.07, 6.45) is 0. The molecular formula is C21H24N2O3. The largest absolute Gasteiger partial charge is 0.457 e. The van der Waals surface area contributed by atoms with Crippen LogP contribution < -0.4 is 4.74 Å². The molecule has 0 bridgehead atoms. The minimum atomic E-state index is -0.467. The van der Waals surface area contributed by atoms with Crippen LogP contribution in [0.1, 0.15) is 30.9 Å². The second-order valence-electron chi connectivity index (χ2n) is 6.37. The molecule has 136 valence electrons. The van der Waals surface area contributed by atoms with E-state index in [-0.39, 0.29) is 18.4 Å². The van der Waals surface area contributed by atoms with Crippen LogP contribution in [0.4, 0.5) is 0 Å². The fraction of sp³-hybridized carbons (Fsp3) is 0.333. The first-order valence-electron chi connectivity index (χ1n) is 8.95. The van der Waals surface area contributed by atoms with Gasteiger partial charge in [0.05, 0.1) is 12.5 Å². The van der Waals surface area contributed by atoms with Crippen molar-refractivity contribution in [2.75, 3.05) is 26.7 Å². The maximum Gasteiger partial charge on any atom is 0.242 e. The molecule has 5 nitrogen and oxygen atoms in total. The Labute approximate surface area is 154 Å². The molecule has 0 N–H and O–H groups in total. The maximum atomic E-state index is 13.3. The average Bonchev–Trinajstić information content (AvgIpc) is 2.66. The monoisotopic (exact) mass is 352 g/mol. The first-order valence-corrected chi connectivity index (χ1v) is 8.95. The van der Waals surface area contributed by atoms with Crippen molar-refractivity contribution in [3.63, 3.8) is 0 Å². The Morgan fingerprint density at radius 1 is 0.923 bits per heavy atom. The number of para-hydroxylation sites is 2. The van der Waals surface area contributed by atoms with Gasteiger partial charge in [0.25, 0.3) is 0 Å². The Balaban J connectivity index is 1.91. The Kier molecular flexibility index (Phi) is 5.26. The Bertz CT molecular complexity index is 769. The van der Waals surface area contributed by atoms with Gasteiger partial charge in [-0.2, -0.15) is 0 Å². The van der Waals surface area contributed by atoms with Crippen molar-refractivity contribution in [3.05, 3.63) is 59.7 Å². The SMILES string of the molecule is CCN(CC)C(=O)CN(C)C(=O)C1c2ccccc2Oc2ccccc21. The summed E-state index contributed by atoms with van der Waals surface area (Å²) < 4.78 is 5.95. The normalized spacial score (nSPS) is 12.6. The van der Waals surface area contributed by atoms with E-state index in [0.717, 1.165) is 11.1 Å². The minimum Gasteiger partial charge on any atom is -0.457 e. The quantitative estimate of drug-likeness (QED) is 0.830. The number of hydrogen-bond acceptors (Lipinski definition) is 3. The lowest BCUT2D eigenvalue weighted by Crippen LogP contribution is -2.43. The van der Waals surface area contributed by atoms with E-state index in [1.165, 1.54) is 4.90 Å². The molecule has 1 aliphatic heterocycles. The Morgan fingerprint density at radius 2 is 1.42 bits per heavy atom. The lowest BCUT2D eigenvalue weighted by molar-refractivity contribution is -0.139. The van der Waals surface area contributed by atoms with Gasteiger partial charge in [-0.15, -0.1) is 0 Å². The predicted octanol–water partition coefficient (Wildman–Crippen LogP) is 3.25. The van der Waals surface area contributed by atoms with E-state index in [4.69, 9.17) is 4.74 Å². The average molecular weight is 352 g/mol. The third kappa shape index (κ3) is 3.29. The number of carbonyl (C=O) groups excluding carboxylic acids is 2. The topological polar surface area (TPSA) is 49.9 Å². The van der Waals surface area contributed by atoms with Gasteiger partial charge in [0.2, 0.25) is 11.8 Å². The number of likely N-dealkylation sites (N-methyl/N-ethyl adjacent to an activating group) is 2. The molecule has 5 heteroatoms. The zero-order valence-corrected chi connectivity index (χ0v) is 15.4. The van der Waals surface area contributed by atoms with E-state index >= 15 is 0 Å². The van der Waals surface area contributed by atoms with Gasteiger partial charge in [-0.05, 0) is 26.0 Å². The second-order valence-corrected chi connectivity index (χ2v) is 6.37. The molecule has 1 heterocycles. The zero-order chi connectivity index (χ0) is 18.7. The molecule has 0 aromatic heterocycles. The summed E-state index contributed by atoms with van der Waals surface area (Å²) in [5.41, 5.74) is 1.66. The van der Waals surface area contributed by atoms with Crippen molar-refractivity contribution in [2.24, 2.45) is 0 Å². The number of amides is 2. The van der Waals surface area contributed by atoms with Gasteiger partial charge in [-0.3, -0.25) is 9.59 Å². The molecule has 0 aliphatic carbocycles. The number of benzene rings is 2. The van der Waals surface area contributed by atoms with Crippen LogP contribution >= 0.6 is 0 Å². The van der Waals surface area contributed by atoms with E-state index in [1.807, 2.05) is 62.4 Å². The lowest BCUT2D eigenvalue weighted by Gasteiger charge is -2.31.